The van der Waals surface area contributed by atoms with Crippen molar-refractivity contribution in [2.24, 2.45) is 11.7 Å². The lowest BCUT2D eigenvalue weighted by molar-refractivity contribution is -0.121. The van der Waals surface area contributed by atoms with E-state index in [0.717, 1.165) is 30.6 Å². The molecule has 1 atom stereocenters. The number of aromatic carboxylic acids is 1. The summed E-state index contributed by atoms with van der Waals surface area (Å²) >= 11 is 1.10. The van der Waals surface area contributed by atoms with Crippen molar-refractivity contribution in [1.82, 2.24) is 10.3 Å². The Morgan fingerprint density at radius 2 is 2.14 bits per heavy atom. The lowest BCUT2D eigenvalue weighted by atomic mass is 9.96. The van der Waals surface area contributed by atoms with Gasteiger partial charge in [-0.1, -0.05) is 13.3 Å². The first kappa shape index (κ1) is 17.6. The first-order valence-corrected chi connectivity index (χ1v) is 7.95. The van der Waals surface area contributed by atoms with E-state index in [4.69, 9.17) is 10.8 Å². The second-order valence-electron chi connectivity index (χ2n) is 4.99. The Bertz CT molecular complexity index is 488. The van der Waals surface area contributed by atoms with Gasteiger partial charge < -0.3 is 16.2 Å². The molecular weight excluding hydrogens is 290 g/mol. The number of nitrogens with two attached hydrogens (primary N) is 1. The number of carboxylic acids is 1. The number of nitrogens with one attached hydrogen (secondary N) is 1. The number of carboxylic acid groups (broad SMARTS) is 1. The lowest BCUT2D eigenvalue weighted by Crippen LogP contribution is -2.23. The van der Waals surface area contributed by atoms with Gasteiger partial charge in [-0.3, -0.25) is 4.79 Å². The third kappa shape index (κ3) is 5.81. The molecule has 0 aromatic carbocycles. The van der Waals surface area contributed by atoms with Gasteiger partial charge in [0.2, 0.25) is 5.91 Å². The highest BCUT2D eigenvalue weighted by Crippen LogP contribution is 2.18. The van der Waals surface area contributed by atoms with Gasteiger partial charge in [-0.25, -0.2) is 9.78 Å². The Hall–Kier alpha value is -1.47. The minimum Gasteiger partial charge on any atom is -0.477 e. The van der Waals surface area contributed by atoms with Crippen LogP contribution in [0.2, 0.25) is 0 Å². The zero-order chi connectivity index (χ0) is 15.8. The van der Waals surface area contributed by atoms with Crippen molar-refractivity contribution in [3.8, 4) is 0 Å². The molecule has 0 saturated heterocycles. The smallest absolute Gasteiger partial charge is 0.347 e. The maximum atomic E-state index is 11.8. The van der Waals surface area contributed by atoms with Gasteiger partial charge in [-0.2, -0.15) is 0 Å². The van der Waals surface area contributed by atoms with E-state index in [1.165, 1.54) is 0 Å². The predicted octanol–water partition coefficient (Wildman–Crippen LogP) is 1.92. The standard InChI is InChI=1S/C14H23N3O3S/c1-3-10(6-7-15)4-5-11(18)16-8-12-17-9(2)13(21-12)14(19)20/h10H,3-8,15H2,1-2H3,(H,16,18)(H,19,20). The molecule has 118 valence electrons. The molecule has 6 nitrogen and oxygen atoms in total. The first-order valence-electron chi connectivity index (χ1n) is 7.14. The largest absolute Gasteiger partial charge is 0.477 e. The fraction of sp³-hybridized carbons (Fsp3) is 0.643. The van der Waals surface area contributed by atoms with E-state index >= 15 is 0 Å². The van der Waals surface area contributed by atoms with E-state index in [0.29, 0.717) is 29.6 Å². The van der Waals surface area contributed by atoms with Gasteiger partial charge >= 0.3 is 5.97 Å². The van der Waals surface area contributed by atoms with E-state index in [2.05, 4.69) is 17.2 Å². The number of rotatable bonds is 9. The highest BCUT2D eigenvalue weighted by atomic mass is 32.1. The molecule has 1 aromatic heterocycles. The number of hydrogen-bond donors (Lipinski definition) is 3. The Morgan fingerprint density at radius 3 is 2.67 bits per heavy atom. The fourth-order valence-electron chi connectivity index (χ4n) is 2.11. The first-order chi connectivity index (χ1) is 9.97. The number of carbonyl (C=O) groups is 2. The van der Waals surface area contributed by atoms with E-state index < -0.39 is 5.97 Å². The Morgan fingerprint density at radius 1 is 1.43 bits per heavy atom. The summed E-state index contributed by atoms with van der Waals surface area (Å²) in [6, 6.07) is 0. The summed E-state index contributed by atoms with van der Waals surface area (Å²) in [5.74, 6) is -0.521. The molecule has 1 aromatic rings. The summed E-state index contributed by atoms with van der Waals surface area (Å²) in [6.07, 6.45) is 3.26. The van der Waals surface area contributed by atoms with Crippen LogP contribution < -0.4 is 11.1 Å². The Kier molecular flexibility index (Phi) is 7.31. The van der Waals surface area contributed by atoms with Crippen LogP contribution in [-0.4, -0.2) is 28.5 Å². The van der Waals surface area contributed by atoms with Gasteiger partial charge in [-0.15, -0.1) is 11.3 Å². The van der Waals surface area contributed by atoms with Crippen molar-refractivity contribution in [2.75, 3.05) is 6.54 Å². The molecular formula is C14H23N3O3S. The van der Waals surface area contributed by atoms with Gasteiger partial charge in [0.1, 0.15) is 9.88 Å². The van der Waals surface area contributed by atoms with Gasteiger partial charge in [0.15, 0.2) is 0 Å². The molecule has 0 bridgehead atoms. The van der Waals surface area contributed by atoms with Crippen molar-refractivity contribution < 1.29 is 14.7 Å². The Balaban J connectivity index is 2.39. The third-order valence-electron chi connectivity index (χ3n) is 3.40. The van der Waals surface area contributed by atoms with Crippen LogP contribution in [0.4, 0.5) is 0 Å². The number of aromatic nitrogens is 1. The number of nitrogens with zero attached hydrogens (tertiary/aromatic N) is 1. The summed E-state index contributed by atoms with van der Waals surface area (Å²) in [5, 5.41) is 12.4. The van der Waals surface area contributed by atoms with Crippen molar-refractivity contribution in [2.45, 2.75) is 46.1 Å². The summed E-state index contributed by atoms with van der Waals surface area (Å²) < 4.78 is 0. The molecule has 4 N–H and O–H groups in total. The number of aryl methyl sites for hydroxylation is 1. The van der Waals surface area contributed by atoms with E-state index in [1.54, 1.807) is 6.92 Å². The maximum Gasteiger partial charge on any atom is 0.347 e. The molecule has 1 amide bonds. The minimum absolute atomic E-state index is 0.0322. The minimum atomic E-state index is -0.977. The summed E-state index contributed by atoms with van der Waals surface area (Å²) in [7, 11) is 0. The molecule has 1 rings (SSSR count). The number of thiazole rings is 1. The topological polar surface area (TPSA) is 105 Å². The lowest BCUT2D eigenvalue weighted by Gasteiger charge is -2.12. The van der Waals surface area contributed by atoms with Crippen LogP contribution >= 0.6 is 11.3 Å². The molecule has 0 fully saturated rings. The summed E-state index contributed by atoms with van der Waals surface area (Å²) in [5.41, 5.74) is 6.02. The molecule has 21 heavy (non-hydrogen) atoms. The zero-order valence-corrected chi connectivity index (χ0v) is 13.3. The number of carbonyl (C=O) groups excluding carboxylic acids is 1. The second-order valence-corrected chi connectivity index (χ2v) is 6.08. The van der Waals surface area contributed by atoms with E-state index in [9.17, 15) is 9.59 Å². The van der Waals surface area contributed by atoms with Crippen molar-refractivity contribution in [1.29, 1.82) is 0 Å². The van der Waals surface area contributed by atoms with Crippen LogP contribution in [0.25, 0.3) is 0 Å². The van der Waals surface area contributed by atoms with Gasteiger partial charge in [0.05, 0.1) is 12.2 Å². The third-order valence-corrected chi connectivity index (χ3v) is 4.55. The molecule has 0 aliphatic carbocycles. The molecule has 1 unspecified atom stereocenters. The molecule has 0 aliphatic heterocycles. The number of hydrogen-bond acceptors (Lipinski definition) is 5. The SMILES string of the molecule is CCC(CCN)CCC(=O)NCc1nc(C)c(C(=O)O)s1. The van der Waals surface area contributed by atoms with E-state index in [1.807, 2.05) is 0 Å². The average Bonchev–Trinajstić information content (AvgIpc) is 2.82. The van der Waals surface area contributed by atoms with Crippen LogP contribution in [-0.2, 0) is 11.3 Å². The van der Waals surface area contributed by atoms with Crippen molar-refractivity contribution >= 4 is 23.2 Å². The van der Waals surface area contributed by atoms with Crippen LogP contribution in [0, 0.1) is 12.8 Å². The molecule has 0 saturated carbocycles. The van der Waals surface area contributed by atoms with Crippen LogP contribution in [0.1, 0.15) is 53.0 Å². The normalized spacial score (nSPS) is 12.1. The molecule has 0 spiro atoms. The van der Waals surface area contributed by atoms with Crippen molar-refractivity contribution in [3.63, 3.8) is 0 Å². The highest BCUT2D eigenvalue weighted by molar-refractivity contribution is 7.13. The van der Waals surface area contributed by atoms with Crippen LogP contribution in [0.15, 0.2) is 0 Å². The Labute approximate surface area is 128 Å². The van der Waals surface area contributed by atoms with Crippen LogP contribution in [0.3, 0.4) is 0 Å². The average molecular weight is 313 g/mol. The monoisotopic (exact) mass is 313 g/mol. The van der Waals surface area contributed by atoms with Gasteiger partial charge in [0, 0.05) is 6.42 Å². The number of amides is 1. The summed E-state index contributed by atoms with van der Waals surface area (Å²) in [4.78, 5) is 27.1. The summed E-state index contributed by atoms with van der Waals surface area (Å²) in [6.45, 7) is 4.69. The molecule has 0 radical (unpaired) electrons. The van der Waals surface area contributed by atoms with Crippen LogP contribution in [0.5, 0.6) is 0 Å². The van der Waals surface area contributed by atoms with Crippen molar-refractivity contribution in [3.05, 3.63) is 15.6 Å². The molecule has 0 aliphatic rings. The van der Waals surface area contributed by atoms with Gasteiger partial charge in [-0.05, 0) is 32.2 Å². The zero-order valence-electron chi connectivity index (χ0n) is 12.5. The fourth-order valence-corrected chi connectivity index (χ4v) is 2.96. The second kappa shape index (κ2) is 8.74. The maximum absolute atomic E-state index is 11.8. The molecule has 1 heterocycles. The van der Waals surface area contributed by atoms with E-state index in [-0.39, 0.29) is 17.3 Å². The van der Waals surface area contributed by atoms with Gasteiger partial charge in [0.25, 0.3) is 0 Å². The predicted molar refractivity (Wildman–Crippen MR) is 82.3 cm³/mol. The highest BCUT2D eigenvalue weighted by Gasteiger charge is 2.14. The molecule has 7 heteroatoms. The quantitative estimate of drug-likeness (QED) is 0.646.